The van der Waals surface area contributed by atoms with E-state index in [-0.39, 0.29) is 5.54 Å². The van der Waals surface area contributed by atoms with Crippen LogP contribution in [0.5, 0.6) is 0 Å². The zero-order valence-corrected chi connectivity index (χ0v) is 18.2. The highest BCUT2D eigenvalue weighted by atomic mass is 16.5. The number of aryl methyl sites for hydroxylation is 1. The molecule has 156 valence electrons. The average Bonchev–Trinajstić information content (AvgIpc) is 3.47. The van der Waals surface area contributed by atoms with Crippen molar-refractivity contribution in [2.24, 2.45) is 0 Å². The van der Waals surface area contributed by atoms with Crippen LogP contribution in [0.1, 0.15) is 42.9 Å². The van der Waals surface area contributed by atoms with E-state index < -0.39 is 0 Å². The summed E-state index contributed by atoms with van der Waals surface area (Å²) < 4.78 is 6.49. The lowest BCUT2D eigenvalue weighted by molar-refractivity contribution is 0.0903. The van der Waals surface area contributed by atoms with E-state index in [1.54, 1.807) is 0 Å². The van der Waals surface area contributed by atoms with Crippen molar-refractivity contribution in [2.45, 2.75) is 38.1 Å². The van der Waals surface area contributed by atoms with Crippen LogP contribution in [0.2, 0.25) is 0 Å². The molecule has 0 radical (unpaired) electrons. The highest BCUT2D eigenvalue weighted by Gasteiger charge is 2.54. The first kappa shape index (κ1) is 18.9. The Morgan fingerprint density at radius 2 is 1.65 bits per heavy atom. The van der Waals surface area contributed by atoms with Crippen LogP contribution < -0.4 is 0 Å². The molecule has 2 heteroatoms. The van der Waals surface area contributed by atoms with Gasteiger partial charge in [-0.3, -0.25) is 4.90 Å². The van der Waals surface area contributed by atoms with Gasteiger partial charge in [-0.05, 0) is 90.4 Å². The summed E-state index contributed by atoms with van der Waals surface area (Å²) in [4.78, 5) is 2.71. The van der Waals surface area contributed by atoms with Crippen molar-refractivity contribution in [3.05, 3.63) is 101 Å². The van der Waals surface area contributed by atoms with E-state index >= 15 is 0 Å². The number of benzene rings is 3. The minimum Gasteiger partial charge on any atom is -0.495 e. The van der Waals surface area contributed by atoms with Gasteiger partial charge in [-0.1, -0.05) is 66.7 Å². The van der Waals surface area contributed by atoms with Gasteiger partial charge in [-0.15, -0.1) is 0 Å². The molecule has 31 heavy (non-hydrogen) atoms. The smallest absolute Gasteiger partial charge is 0.127 e. The Hall–Kier alpha value is -2.84. The zero-order chi connectivity index (χ0) is 20.8. The van der Waals surface area contributed by atoms with Gasteiger partial charge < -0.3 is 4.74 Å². The van der Waals surface area contributed by atoms with Gasteiger partial charge in [-0.2, -0.15) is 0 Å². The second kappa shape index (κ2) is 7.39. The molecule has 1 unspecified atom stereocenters. The minimum atomic E-state index is -0.255. The lowest BCUT2D eigenvalue weighted by atomic mass is 9.70. The third-order valence-electron chi connectivity index (χ3n) is 7.41. The SMILES string of the molecule is CCOC1=CC(c2ccccc2)=C2CCc3c(ccc4ccccc34)C12N1CCCC1. The molecule has 0 saturated carbocycles. The summed E-state index contributed by atoms with van der Waals surface area (Å²) in [6.07, 6.45) is 7.05. The van der Waals surface area contributed by atoms with Crippen molar-refractivity contribution in [2.75, 3.05) is 19.7 Å². The molecule has 0 bridgehead atoms. The van der Waals surface area contributed by atoms with Gasteiger partial charge in [0, 0.05) is 0 Å². The zero-order valence-electron chi connectivity index (χ0n) is 18.2. The second-order valence-electron chi connectivity index (χ2n) is 8.92. The van der Waals surface area contributed by atoms with Gasteiger partial charge in [0.25, 0.3) is 0 Å². The molecule has 1 saturated heterocycles. The predicted molar refractivity (Wildman–Crippen MR) is 128 cm³/mol. The van der Waals surface area contributed by atoms with Crippen LogP contribution in [0, 0.1) is 0 Å². The monoisotopic (exact) mass is 407 g/mol. The lowest BCUT2D eigenvalue weighted by Crippen LogP contribution is -2.49. The maximum Gasteiger partial charge on any atom is 0.127 e. The number of ether oxygens (including phenoxy) is 1. The standard InChI is InChI=1S/C29H29NO/c1-2-31-28-20-25(21-10-4-3-5-11-21)27-17-15-24-23-13-7-6-12-22(23)14-16-26(24)29(27,28)30-18-8-9-19-30/h3-7,10-14,16,20H,2,8-9,15,17-19H2,1H3. The second-order valence-corrected chi connectivity index (χ2v) is 8.92. The number of likely N-dealkylation sites (tertiary alicyclic amines) is 1. The third kappa shape index (κ3) is 2.68. The molecule has 3 aliphatic rings. The first-order valence-electron chi connectivity index (χ1n) is 11.7. The lowest BCUT2D eigenvalue weighted by Gasteiger charge is -2.47. The van der Waals surface area contributed by atoms with Crippen LogP contribution in [0.15, 0.2) is 84.1 Å². The Kier molecular flexibility index (Phi) is 4.50. The summed E-state index contributed by atoms with van der Waals surface area (Å²) in [5.41, 5.74) is 6.91. The van der Waals surface area contributed by atoms with Crippen LogP contribution >= 0.6 is 0 Å². The summed E-state index contributed by atoms with van der Waals surface area (Å²) in [5, 5.41) is 2.75. The van der Waals surface area contributed by atoms with Crippen LogP contribution in [0.3, 0.4) is 0 Å². The molecule has 3 aromatic carbocycles. The number of hydrogen-bond donors (Lipinski definition) is 0. The highest BCUT2D eigenvalue weighted by molar-refractivity contribution is 5.91. The fraction of sp³-hybridized carbons (Fsp3) is 0.310. The van der Waals surface area contributed by atoms with E-state index in [0.29, 0.717) is 6.61 Å². The number of hydrogen-bond acceptors (Lipinski definition) is 2. The molecule has 1 heterocycles. The summed E-state index contributed by atoms with van der Waals surface area (Å²) in [7, 11) is 0. The first-order chi connectivity index (χ1) is 15.3. The van der Waals surface area contributed by atoms with Crippen LogP contribution in [0.25, 0.3) is 16.3 Å². The maximum atomic E-state index is 6.49. The van der Waals surface area contributed by atoms with Crippen molar-refractivity contribution >= 4 is 16.3 Å². The van der Waals surface area contributed by atoms with Crippen LogP contribution in [-0.4, -0.2) is 24.6 Å². The highest BCUT2D eigenvalue weighted by Crippen LogP contribution is 2.57. The quantitative estimate of drug-likeness (QED) is 0.492. The van der Waals surface area contributed by atoms with E-state index in [4.69, 9.17) is 4.74 Å². The molecule has 1 fully saturated rings. The van der Waals surface area contributed by atoms with Gasteiger partial charge in [0.2, 0.25) is 0 Å². The molecular formula is C29H29NO. The summed E-state index contributed by atoms with van der Waals surface area (Å²) >= 11 is 0. The van der Waals surface area contributed by atoms with Gasteiger partial charge in [-0.25, -0.2) is 0 Å². The van der Waals surface area contributed by atoms with Crippen molar-refractivity contribution in [1.29, 1.82) is 0 Å². The van der Waals surface area contributed by atoms with E-state index in [9.17, 15) is 0 Å². The number of nitrogens with zero attached hydrogens (tertiary/aromatic N) is 1. The molecule has 2 nitrogen and oxygen atoms in total. The van der Waals surface area contributed by atoms with Crippen molar-refractivity contribution in [3.63, 3.8) is 0 Å². The molecule has 3 aromatic rings. The van der Waals surface area contributed by atoms with Crippen LogP contribution in [-0.2, 0) is 16.7 Å². The minimum absolute atomic E-state index is 0.255. The molecule has 0 spiro atoms. The summed E-state index contributed by atoms with van der Waals surface area (Å²) in [6.45, 7) is 5.06. The van der Waals surface area contributed by atoms with Crippen molar-refractivity contribution in [3.8, 4) is 0 Å². The van der Waals surface area contributed by atoms with E-state index in [1.807, 2.05) is 0 Å². The number of rotatable bonds is 4. The molecule has 1 aliphatic heterocycles. The molecule has 0 aromatic heterocycles. The van der Waals surface area contributed by atoms with E-state index in [2.05, 4.69) is 84.6 Å². The maximum absolute atomic E-state index is 6.49. The van der Waals surface area contributed by atoms with E-state index in [1.165, 1.54) is 51.5 Å². The Labute approximate surface area is 184 Å². The van der Waals surface area contributed by atoms with Gasteiger partial charge in [0.1, 0.15) is 11.3 Å². The van der Waals surface area contributed by atoms with Crippen molar-refractivity contribution < 1.29 is 4.74 Å². The molecular weight excluding hydrogens is 378 g/mol. The predicted octanol–water partition coefficient (Wildman–Crippen LogP) is 6.46. The summed E-state index contributed by atoms with van der Waals surface area (Å²) in [5.74, 6) is 1.13. The Balaban J connectivity index is 1.67. The fourth-order valence-corrected chi connectivity index (χ4v) is 6.22. The van der Waals surface area contributed by atoms with Crippen molar-refractivity contribution in [1.82, 2.24) is 4.90 Å². The molecule has 0 amide bonds. The van der Waals surface area contributed by atoms with Gasteiger partial charge >= 0.3 is 0 Å². The molecule has 0 N–H and O–H groups in total. The molecule has 6 rings (SSSR count). The number of allylic oxidation sites excluding steroid dienone is 2. The molecule has 2 aliphatic carbocycles. The Morgan fingerprint density at radius 1 is 0.871 bits per heavy atom. The van der Waals surface area contributed by atoms with Gasteiger partial charge in [0.15, 0.2) is 0 Å². The topological polar surface area (TPSA) is 12.5 Å². The first-order valence-corrected chi connectivity index (χ1v) is 11.7. The number of fused-ring (bicyclic) bond motifs is 5. The Morgan fingerprint density at radius 3 is 2.45 bits per heavy atom. The Bertz CT molecular complexity index is 1200. The average molecular weight is 408 g/mol. The molecule has 1 atom stereocenters. The van der Waals surface area contributed by atoms with E-state index in [0.717, 1.165) is 31.7 Å². The third-order valence-corrected chi connectivity index (χ3v) is 7.41. The largest absolute Gasteiger partial charge is 0.495 e. The normalized spacial score (nSPS) is 23.1. The van der Waals surface area contributed by atoms with Gasteiger partial charge in [0.05, 0.1) is 6.61 Å². The fourth-order valence-electron chi connectivity index (χ4n) is 6.22. The van der Waals surface area contributed by atoms with Crippen LogP contribution in [0.4, 0.5) is 0 Å². The summed E-state index contributed by atoms with van der Waals surface area (Å²) in [6, 6.07) is 24.5.